The lowest BCUT2D eigenvalue weighted by molar-refractivity contribution is -0.115. The summed E-state index contributed by atoms with van der Waals surface area (Å²) in [4.78, 5) is 17.5. The number of hydrogen-bond acceptors (Lipinski definition) is 4. The van der Waals surface area contributed by atoms with Gasteiger partial charge >= 0.3 is 0 Å². The maximum Gasteiger partial charge on any atom is 0.237 e. The van der Waals surface area contributed by atoms with Crippen LogP contribution in [0.15, 0.2) is 53.5 Å². The van der Waals surface area contributed by atoms with Gasteiger partial charge in [0.1, 0.15) is 0 Å². The van der Waals surface area contributed by atoms with E-state index in [1.54, 1.807) is 0 Å². The van der Waals surface area contributed by atoms with E-state index in [-0.39, 0.29) is 11.2 Å². The van der Waals surface area contributed by atoms with Crippen LogP contribution in [-0.4, -0.2) is 16.3 Å². The van der Waals surface area contributed by atoms with Crippen LogP contribution >= 0.6 is 11.8 Å². The van der Waals surface area contributed by atoms with Crippen molar-refractivity contribution < 1.29 is 4.79 Å². The predicted molar refractivity (Wildman–Crippen MR) is 121 cm³/mol. The zero-order valence-corrected chi connectivity index (χ0v) is 17.3. The standard InChI is InChI=1S/C23H23N3OS/c1-13-11-14(2)21(15(3)12-13)26-22(27)16(4)28-23-24-18-9-5-7-17-8-6-10-19(25-23)20(17)18/h5-12,16H,1-4H3,(H,24,25)(H,26,27)/t16-/m1/s1. The van der Waals surface area contributed by atoms with E-state index < -0.39 is 0 Å². The number of aliphatic imine (C=N–C) groups is 1. The van der Waals surface area contributed by atoms with Gasteiger partial charge < -0.3 is 10.6 Å². The highest BCUT2D eigenvalue weighted by Crippen LogP contribution is 2.37. The van der Waals surface area contributed by atoms with E-state index in [0.717, 1.165) is 44.1 Å². The van der Waals surface area contributed by atoms with Crippen LogP contribution in [0.25, 0.3) is 10.8 Å². The van der Waals surface area contributed by atoms with Crippen molar-refractivity contribution in [1.82, 2.24) is 0 Å². The number of thioether (sulfide) groups is 1. The summed E-state index contributed by atoms with van der Waals surface area (Å²) >= 11 is 1.44. The van der Waals surface area contributed by atoms with Gasteiger partial charge in [-0.3, -0.25) is 4.79 Å². The minimum atomic E-state index is -0.282. The Bertz CT molecular complexity index is 1090. The first-order chi connectivity index (χ1) is 13.4. The van der Waals surface area contributed by atoms with Crippen molar-refractivity contribution in [2.75, 3.05) is 10.6 Å². The second-order valence-corrected chi connectivity index (χ2v) is 8.58. The maximum absolute atomic E-state index is 12.8. The van der Waals surface area contributed by atoms with E-state index >= 15 is 0 Å². The Balaban J connectivity index is 1.53. The van der Waals surface area contributed by atoms with Crippen LogP contribution in [0.3, 0.4) is 0 Å². The molecular formula is C23H23N3OS. The van der Waals surface area contributed by atoms with Crippen molar-refractivity contribution in [3.05, 3.63) is 65.2 Å². The molecule has 0 aliphatic carbocycles. The third kappa shape index (κ3) is 3.50. The van der Waals surface area contributed by atoms with Crippen molar-refractivity contribution in [2.24, 2.45) is 4.99 Å². The molecule has 0 saturated heterocycles. The number of benzene rings is 3. The molecule has 0 bridgehead atoms. The molecule has 1 heterocycles. The Kier molecular flexibility index (Phi) is 4.85. The number of rotatable bonds is 3. The molecule has 4 nitrogen and oxygen atoms in total. The van der Waals surface area contributed by atoms with Crippen molar-refractivity contribution in [3.63, 3.8) is 0 Å². The van der Waals surface area contributed by atoms with Crippen LogP contribution in [0.1, 0.15) is 23.6 Å². The molecule has 0 spiro atoms. The number of anilines is 2. The molecule has 5 heteroatoms. The van der Waals surface area contributed by atoms with Gasteiger partial charge in [-0.25, -0.2) is 4.99 Å². The minimum absolute atomic E-state index is 0.0263. The number of amidine groups is 1. The molecule has 3 aromatic rings. The summed E-state index contributed by atoms with van der Waals surface area (Å²) in [5.74, 6) is -0.0263. The molecule has 4 rings (SSSR count). The number of nitrogens with one attached hydrogen (secondary N) is 2. The van der Waals surface area contributed by atoms with Crippen LogP contribution in [0, 0.1) is 20.8 Å². The van der Waals surface area contributed by atoms with Gasteiger partial charge in [0.25, 0.3) is 0 Å². The molecule has 3 aromatic carbocycles. The summed E-state index contributed by atoms with van der Waals surface area (Å²) < 4.78 is 0. The highest BCUT2D eigenvalue weighted by Gasteiger charge is 2.21. The fraction of sp³-hybridized carbons (Fsp3) is 0.217. The Morgan fingerprint density at radius 2 is 1.75 bits per heavy atom. The highest BCUT2D eigenvalue weighted by atomic mass is 32.2. The van der Waals surface area contributed by atoms with Crippen LogP contribution in [-0.2, 0) is 4.79 Å². The van der Waals surface area contributed by atoms with Gasteiger partial charge in [0.05, 0.1) is 16.6 Å². The van der Waals surface area contributed by atoms with Crippen molar-refractivity contribution in [1.29, 1.82) is 0 Å². The van der Waals surface area contributed by atoms with E-state index in [4.69, 9.17) is 4.99 Å². The smallest absolute Gasteiger partial charge is 0.237 e. The number of nitrogens with zero attached hydrogens (tertiary/aromatic N) is 1. The van der Waals surface area contributed by atoms with Gasteiger partial charge in [-0.05, 0) is 56.3 Å². The zero-order chi connectivity index (χ0) is 19.8. The number of aryl methyl sites for hydroxylation is 3. The summed E-state index contributed by atoms with van der Waals surface area (Å²) in [5, 5.41) is 9.21. The Morgan fingerprint density at radius 1 is 1.07 bits per heavy atom. The molecular weight excluding hydrogens is 366 g/mol. The first-order valence-corrected chi connectivity index (χ1v) is 10.2. The lowest BCUT2D eigenvalue weighted by Gasteiger charge is -2.21. The van der Waals surface area contributed by atoms with E-state index in [9.17, 15) is 4.79 Å². The Hall–Kier alpha value is -2.79. The van der Waals surface area contributed by atoms with Gasteiger partial charge in [0.2, 0.25) is 5.91 Å². The summed E-state index contributed by atoms with van der Waals surface area (Å²) in [6.45, 7) is 8.02. The fourth-order valence-electron chi connectivity index (χ4n) is 3.65. The second kappa shape index (κ2) is 7.32. The highest BCUT2D eigenvalue weighted by molar-refractivity contribution is 8.15. The summed E-state index contributed by atoms with van der Waals surface area (Å²) in [5.41, 5.74) is 6.23. The molecule has 0 saturated carbocycles. The third-order valence-corrected chi connectivity index (χ3v) is 5.91. The summed E-state index contributed by atoms with van der Waals surface area (Å²) in [6.07, 6.45) is 0. The van der Waals surface area contributed by atoms with Gasteiger partial charge in [-0.2, -0.15) is 0 Å². The van der Waals surface area contributed by atoms with Crippen molar-refractivity contribution >= 4 is 50.7 Å². The quantitative estimate of drug-likeness (QED) is 0.583. The van der Waals surface area contributed by atoms with Gasteiger partial charge in [0, 0.05) is 11.1 Å². The Labute approximate surface area is 169 Å². The first-order valence-electron chi connectivity index (χ1n) is 9.35. The average Bonchev–Trinajstić information content (AvgIpc) is 2.64. The molecule has 28 heavy (non-hydrogen) atoms. The number of hydrogen-bond donors (Lipinski definition) is 2. The van der Waals surface area contributed by atoms with Crippen molar-refractivity contribution in [2.45, 2.75) is 32.9 Å². The largest absolute Gasteiger partial charge is 0.334 e. The molecule has 0 aromatic heterocycles. The van der Waals surface area contributed by atoms with E-state index in [2.05, 4.69) is 41.8 Å². The molecule has 1 atom stereocenters. The Morgan fingerprint density at radius 3 is 2.46 bits per heavy atom. The molecule has 1 aliphatic heterocycles. The molecule has 0 radical (unpaired) electrons. The van der Waals surface area contributed by atoms with Gasteiger partial charge in [0.15, 0.2) is 5.17 Å². The lowest BCUT2D eigenvalue weighted by atomic mass is 10.1. The SMILES string of the molecule is Cc1cc(C)c(NC(=O)[C@@H](C)SC2=Nc3cccc4cccc(c34)N2)c(C)c1. The monoisotopic (exact) mass is 389 g/mol. The molecule has 2 N–H and O–H groups in total. The number of carbonyl (C=O) groups excluding carboxylic acids is 1. The first kappa shape index (κ1) is 18.6. The molecule has 0 fully saturated rings. The van der Waals surface area contributed by atoms with Gasteiger partial charge in [-0.1, -0.05) is 53.7 Å². The number of amides is 1. The number of carbonyl (C=O) groups is 1. The minimum Gasteiger partial charge on any atom is -0.334 e. The molecule has 1 amide bonds. The lowest BCUT2D eigenvalue weighted by Crippen LogP contribution is -2.26. The van der Waals surface area contributed by atoms with Crippen LogP contribution in [0.5, 0.6) is 0 Å². The van der Waals surface area contributed by atoms with E-state index in [1.165, 1.54) is 17.3 Å². The van der Waals surface area contributed by atoms with Crippen LogP contribution < -0.4 is 10.6 Å². The third-order valence-electron chi connectivity index (χ3n) is 4.93. The average molecular weight is 390 g/mol. The molecule has 0 unspecified atom stereocenters. The predicted octanol–water partition coefficient (Wildman–Crippen LogP) is 5.94. The molecule has 1 aliphatic rings. The topological polar surface area (TPSA) is 53.5 Å². The van der Waals surface area contributed by atoms with E-state index in [0.29, 0.717) is 0 Å². The fourth-order valence-corrected chi connectivity index (χ4v) is 4.47. The van der Waals surface area contributed by atoms with Crippen LogP contribution in [0.4, 0.5) is 17.1 Å². The maximum atomic E-state index is 12.8. The van der Waals surface area contributed by atoms with Gasteiger partial charge in [-0.15, -0.1) is 0 Å². The summed E-state index contributed by atoms with van der Waals surface area (Å²) in [7, 11) is 0. The second-order valence-electron chi connectivity index (χ2n) is 7.25. The molecule has 142 valence electrons. The van der Waals surface area contributed by atoms with E-state index in [1.807, 2.05) is 45.0 Å². The van der Waals surface area contributed by atoms with Crippen LogP contribution in [0.2, 0.25) is 0 Å². The summed E-state index contributed by atoms with van der Waals surface area (Å²) in [6, 6.07) is 16.4. The normalized spacial score (nSPS) is 13.6. The zero-order valence-electron chi connectivity index (χ0n) is 16.5. The van der Waals surface area contributed by atoms with Crippen molar-refractivity contribution in [3.8, 4) is 0 Å².